The maximum atomic E-state index is 12.9. The van der Waals surface area contributed by atoms with Crippen LogP contribution in [0.15, 0.2) is 62.9 Å². The van der Waals surface area contributed by atoms with Gasteiger partial charge in [-0.15, -0.1) is 0 Å². The lowest BCUT2D eigenvalue weighted by atomic mass is 10.1. The van der Waals surface area contributed by atoms with Crippen LogP contribution < -0.4 is 0 Å². The number of hydrogen-bond donors (Lipinski definition) is 0. The Morgan fingerprint density at radius 3 is 2.65 bits per heavy atom. The first kappa shape index (κ1) is 21.8. The number of aliphatic imine (C=N–C) groups is 1. The highest BCUT2D eigenvalue weighted by atomic mass is 79.9. The highest BCUT2D eigenvalue weighted by Gasteiger charge is 2.32. The Morgan fingerprint density at radius 1 is 1.19 bits per heavy atom. The third-order valence-corrected chi connectivity index (χ3v) is 6.52. The van der Waals surface area contributed by atoms with Crippen LogP contribution in [0.4, 0.5) is 5.69 Å². The van der Waals surface area contributed by atoms with E-state index in [0.717, 1.165) is 10.0 Å². The van der Waals surface area contributed by atoms with E-state index in [4.69, 9.17) is 9.73 Å². The monoisotopic (exact) mass is 499 g/mol. The molecule has 2 aliphatic heterocycles. The second-order valence-corrected chi connectivity index (χ2v) is 8.99. The number of ether oxygens (including phenoxy) is 1. The van der Waals surface area contributed by atoms with Gasteiger partial charge in [0.05, 0.1) is 23.8 Å². The van der Waals surface area contributed by atoms with Crippen molar-refractivity contribution in [2.45, 2.75) is 6.92 Å². The molecule has 4 rings (SSSR count). The standard InChI is InChI=1S/C23H22BrN3O3S/c1-2-27-22(29)20(14-16-6-8-18(24)9-7-16)31-23(27)25-19-5-3-4-17(15-19)21(28)26-10-12-30-13-11-26/h3-9,14-15H,2,10-13H2,1H3/b20-14+,25-23?. The fourth-order valence-corrected chi connectivity index (χ4v) is 4.68. The minimum absolute atomic E-state index is 0.0244. The first-order valence-electron chi connectivity index (χ1n) is 10.1. The van der Waals surface area contributed by atoms with Gasteiger partial charge in [-0.05, 0) is 60.7 Å². The van der Waals surface area contributed by atoms with Gasteiger partial charge in [0.25, 0.3) is 11.8 Å². The largest absolute Gasteiger partial charge is 0.378 e. The zero-order chi connectivity index (χ0) is 21.8. The molecule has 0 unspecified atom stereocenters. The van der Waals surface area contributed by atoms with Gasteiger partial charge in [0.2, 0.25) is 0 Å². The summed E-state index contributed by atoms with van der Waals surface area (Å²) in [5, 5.41) is 0.617. The summed E-state index contributed by atoms with van der Waals surface area (Å²) in [5.41, 5.74) is 2.19. The Kier molecular flexibility index (Phi) is 6.89. The highest BCUT2D eigenvalue weighted by molar-refractivity contribution is 9.10. The topological polar surface area (TPSA) is 62.2 Å². The minimum Gasteiger partial charge on any atom is -0.378 e. The van der Waals surface area contributed by atoms with Crippen molar-refractivity contribution in [1.82, 2.24) is 9.80 Å². The molecule has 0 aromatic heterocycles. The normalized spacial score (nSPS) is 19.5. The minimum atomic E-state index is -0.0604. The van der Waals surface area contributed by atoms with Gasteiger partial charge in [-0.2, -0.15) is 0 Å². The van der Waals surface area contributed by atoms with E-state index in [0.29, 0.717) is 54.2 Å². The summed E-state index contributed by atoms with van der Waals surface area (Å²) in [6.07, 6.45) is 1.88. The van der Waals surface area contributed by atoms with E-state index >= 15 is 0 Å². The van der Waals surface area contributed by atoms with Gasteiger partial charge in [0, 0.05) is 29.7 Å². The summed E-state index contributed by atoms with van der Waals surface area (Å²) < 4.78 is 6.32. The Morgan fingerprint density at radius 2 is 1.94 bits per heavy atom. The number of amides is 2. The van der Waals surface area contributed by atoms with Crippen LogP contribution >= 0.6 is 27.7 Å². The predicted molar refractivity (Wildman–Crippen MR) is 127 cm³/mol. The molecule has 6 nitrogen and oxygen atoms in total. The van der Waals surface area contributed by atoms with E-state index in [2.05, 4.69) is 15.9 Å². The summed E-state index contributed by atoms with van der Waals surface area (Å²) in [6, 6.07) is 15.0. The van der Waals surface area contributed by atoms with Crippen molar-refractivity contribution in [2.75, 3.05) is 32.8 Å². The summed E-state index contributed by atoms with van der Waals surface area (Å²) in [6.45, 7) is 4.76. The number of likely N-dealkylation sites (N-methyl/N-ethyl adjacent to an activating group) is 1. The third kappa shape index (κ3) is 5.08. The molecule has 2 fully saturated rings. The predicted octanol–water partition coefficient (Wildman–Crippen LogP) is 4.55. The van der Waals surface area contributed by atoms with Crippen LogP contribution in [0.25, 0.3) is 6.08 Å². The number of nitrogens with zero attached hydrogens (tertiary/aromatic N) is 3. The van der Waals surface area contributed by atoms with Gasteiger partial charge in [-0.1, -0.05) is 34.1 Å². The number of benzene rings is 2. The average molecular weight is 500 g/mol. The Hall–Kier alpha value is -2.42. The molecular formula is C23H22BrN3O3S. The second kappa shape index (κ2) is 9.80. The number of rotatable bonds is 4. The summed E-state index contributed by atoms with van der Waals surface area (Å²) in [5.74, 6) is -0.0848. The zero-order valence-electron chi connectivity index (χ0n) is 17.1. The molecule has 2 aromatic rings. The lowest BCUT2D eigenvalue weighted by Gasteiger charge is -2.26. The molecule has 2 heterocycles. The van der Waals surface area contributed by atoms with E-state index in [1.165, 1.54) is 11.8 Å². The van der Waals surface area contributed by atoms with Gasteiger partial charge in [0.15, 0.2) is 5.17 Å². The van der Waals surface area contributed by atoms with Crippen LogP contribution in [0.3, 0.4) is 0 Å². The third-order valence-electron chi connectivity index (χ3n) is 4.99. The van der Waals surface area contributed by atoms with Crippen molar-refractivity contribution >= 4 is 56.4 Å². The van der Waals surface area contributed by atoms with Crippen molar-refractivity contribution in [2.24, 2.45) is 4.99 Å². The van der Waals surface area contributed by atoms with E-state index < -0.39 is 0 Å². The molecule has 0 aliphatic carbocycles. The molecule has 0 radical (unpaired) electrons. The number of morpholine rings is 1. The first-order chi connectivity index (χ1) is 15.0. The number of carbonyl (C=O) groups is 2. The SMILES string of the molecule is CCN1C(=O)/C(=C\c2ccc(Br)cc2)SC1=Nc1cccc(C(=O)N2CCOCC2)c1. The van der Waals surface area contributed by atoms with E-state index in [-0.39, 0.29) is 11.8 Å². The van der Waals surface area contributed by atoms with Crippen LogP contribution in [-0.2, 0) is 9.53 Å². The molecule has 0 atom stereocenters. The number of halogens is 1. The molecule has 0 bridgehead atoms. The Bertz CT molecular complexity index is 1050. The highest BCUT2D eigenvalue weighted by Crippen LogP contribution is 2.34. The molecule has 0 N–H and O–H groups in total. The fraction of sp³-hybridized carbons (Fsp3) is 0.261. The lowest BCUT2D eigenvalue weighted by molar-refractivity contribution is -0.122. The first-order valence-corrected chi connectivity index (χ1v) is 11.7. The maximum Gasteiger partial charge on any atom is 0.266 e. The van der Waals surface area contributed by atoms with Gasteiger partial charge < -0.3 is 9.64 Å². The van der Waals surface area contributed by atoms with Crippen LogP contribution in [0, 0.1) is 0 Å². The quantitative estimate of drug-likeness (QED) is 0.579. The van der Waals surface area contributed by atoms with Crippen molar-refractivity contribution in [3.63, 3.8) is 0 Å². The zero-order valence-corrected chi connectivity index (χ0v) is 19.5. The van der Waals surface area contributed by atoms with Crippen molar-refractivity contribution in [3.8, 4) is 0 Å². The van der Waals surface area contributed by atoms with Crippen molar-refractivity contribution in [3.05, 3.63) is 69.0 Å². The van der Waals surface area contributed by atoms with Gasteiger partial charge in [-0.3, -0.25) is 14.5 Å². The van der Waals surface area contributed by atoms with Gasteiger partial charge >= 0.3 is 0 Å². The molecular weight excluding hydrogens is 478 g/mol. The Balaban J connectivity index is 1.58. The van der Waals surface area contributed by atoms with Crippen LogP contribution in [0.5, 0.6) is 0 Å². The molecule has 0 saturated carbocycles. The summed E-state index contributed by atoms with van der Waals surface area (Å²) >= 11 is 4.78. The molecule has 2 saturated heterocycles. The maximum absolute atomic E-state index is 12.9. The molecule has 2 amide bonds. The smallest absolute Gasteiger partial charge is 0.266 e. The summed E-state index contributed by atoms with van der Waals surface area (Å²) in [7, 11) is 0. The van der Waals surface area contributed by atoms with E-state index in [1.54, 1.807) is 21.9 Å². The van der Waals surface area contributed by atoms with Gasteiger partial charge in [-0.25, -0.2) is 4.99 Å². The van der Waals surface area contributed by atoms with Crippen LogP contribution in [-0.4, -0.2) is 59.6 Å². The molecule has 0 spiro atoms. The van der Waals surface area contributed by atoms with Crippen molar-refractivity contribution < 1.29 is 14.3 Å². The van der Waals surface area contributed by atoms with E-state index in [9.17, 15) is 9.59 Å². The number of carbonyl (C=O) groups excluding carboxylic acids is 2. The number of thioether (sulfide) groups is 1. The molecule has 31 heavy (non-hydrogen) atoms. The Labute approximate surface area is 194 Å². The van der Waals surface area contributed by atoms with Crippen LogP contribution in [0.1, 0.15) is 22.8 Å². The average Bonchev–Trinajstić information content (AvgIpc) is 3.09. The second-order valence-electron chi connectivity index (χ2n) is 7.06. The van der Waals surface area contributed by atoms with Crippen molar-refractivity contribution in [1.29, 1.82) is 0 Å². The molecule has 2 aromatic carbocycles. The molecule has 160 valence electrons. The van der Waals surface area contributed by atoms with E-state index in [1.807, 2.05) is 49.4 Å². The molecule has 8 heteroatoms. The number of hydrogen-bond acceptors (Lipinski definition) is 5. The van der Waals surface area contributed by atoms with Crippen LogP contribution in [0.2, 0.25) is 0 Å². The molecule has 2 aliphatic rings. The fourth-order valence-electron chi connectivity index (χ4n) is 3.35. The summed E-state index contributed by atoms with van der Waals surface area (Å²) in [4.78, 5) is 34.4. The lowest BCUT2D eigenvalue weighted by Crippen LogP contribution is -2.40. The number of amidine groups is 1. The van der Waals surface area contributed by atoms with Gasteiger partial charge in [0.1, 0.15) is 0 Å².